The smallest absolute Gasteiger partial charge is 0.228 e. The van der Waals surface area contributed by atoms with E-state index in [9.17, 15) is 4.79 Å². The molecule has 1 amide bonds. The molecule has 0 aliphatic heterocycles. The number of aliphatic imine (C=N–C) groups is 1. The zero-order valence-corrected chi connectivity index (χ0v) is 17.3. The third-order valence-electron chi connectivity index (χ3n) is 4.93. The number of nitrogens with one attached hydrogen (secondary N) is 1. The maximum Gasteiger partial charge on any atom is 0.228 e. The van der Waals surface area contributed by atoms with E-state index in [0.717, 1.165) is 58.0 Å². The normalized spacial score (nSPS) is 13.7. The highest BCUT2D eigenvalue weighted by molar-refractivity contribution is 7.11. The molecule has 1 aliphatic rings. The molecular formula is C22H23N5OS. The number of rotatable bonds is 6. The van der Waals surface area contributed by atoms with Crippen molar-refractivity contribution in [3.63, 3.8) is 0 Å². The molecule has 6 nitrogen and oxygen atoms in total. The number of nitrogen functional groups attached to an aromatic ring is 1. The first kappa shape index (κ1) is 19.3. The molecule has 0 unspecified atom stereocenters. The molecule has 1 fully saturated rings. The number of carbonyl (C=O) groups is 1. The highest BCUT2D eigenvalue weighted by Crippen LogP contribution is 2.41. The number of pyridine rings is 1. The van der Waals surface area contributed by atoms with Crippen LogP contribution in [0.1, 0.15) is 31.0 Å². The SMILES string of the molecule is CCc1cccc(-c2c(-c3ccc(N)c(C=NC)c3)nsc2NC(=O)C2CC2)n1. The first-order valence-corrected chi connectivity index (χ1v) is 10.5. The van der Waals surface area contributed by atoms with Crippen molar-refractivity contribution >= 4 is 34.3 Å². The molecule has 3 aromatic rings. The first-order chi connectivity index (χ1) is 14.1. The van der Waals surface area contributed by atoms with Crippen molar-refractivity contribution in [1.82, 2.24) is 9.36 Å². The van der Waals surface area contributed by atoms with Crippen LogP contribution >= 0.6 is 11.5 Å². The fourth-order valence-corrected chi connectivity index (χ4v) is 3.98. The number of benzene rings is 1. The van der Waals surface area contributed by atoms with Crippen LogP contribution in [0.5, 0.6) is 0 Å². The maximum absolute atomic E-state index is 12.4. The molecule has 148 valence electrons. The third-order valence-corrected chi connectivity index (χ3v) is 5.69. The van der Waals surface area contributed by atoms with Crippen LogP contribution in [0.2, 0.25) is 0 Å². The summed E-state index contributed by atoms with van der Waals surface area (Å²) in [6.07, 6.45) is 4.47. The molecule has 1 aromatic carbocycles. The van der Waals surface area contributed by atoms with Crippen LogP contribution in [0.4, 0.5) is 10.7 Å². The molecule has 0 atom stereocenters. The van der Waals surface area contributed by atoms with E-state index in [1.807, 2.05) is 36.4 Å². The molecular weight excluding hydrogens is 382 g/mol. The molecule has 4 rings (SSSR count). The van der Waals surface area contributed by atoms with E-state index < -0.39 is 0 Å². The van der Waals surface area contributed by atoms with Crippen molar-refractivity contribution in [2.45, 2.75) is 26.2 Å². The lowest BCUT2D eigenvalue weighted by Crippen LogP contribution is -2.13. The summed E-state index contributed by atoms with van der Waals surface area (Å²) < 4.78 is 4.68. The van der Waals surface area contributed by atoms with Gasteiger partial charge < -0.3 is 11.1 Å². The fraction of sp³-hybridized carbons (Fsp3) is 0.273. The molecule has 29 heavy (non-hydrogen) atoms. The van der Waals surface area contributed by atoms with Crippen LogP contribution in [-0.2, 0) is 11.2 Å². The van der Waals surface area contributed by atoms with Gasteiger partial charge in [0.15, 0.2) is 0 Å². The van der Waals surface area contributed by atoms with Crippen molar-refractivity contribution in [3.05, 3.63) is 47.7 Å². The summed E-state index contributed by atoms with van der Waals surface area (Å²) in [6, 6.07) is 11.7. The summed E-state index contributed by atoms with van der Waals surface area (Å²) in [5.41, 5.74) is 11.9. The fourth-order valence-electron chi connectivity index (χ4n) is 3.16. The number of hydrogen-bond acceptors (Lipinski definition) is 6. The second-order valence-electron chi connectivity index (χ2n) is 7.10. The van der Waals surface area contributed by atoms with E-state index in [1.54, 1.807) is 13.3 Å². The third kappa shape index (κ3) is 4.05. The largest absolute Gasteiger partial charge is 0.398 e. The van der Waals surface area contributed by atoms with Crippen LogP contribution in [0.25, 0.3) is 22.5 Å². The number of carbonyl (C=O) groups excluding carboxylic acids is 1. The zero-order chi connectivity index (χ0) is 20.4. The van der Waals surface area contributed by atoms with Gasteiger partial charge in [0.05, 0.1) is 17.0 Å². The molecule has 7 heteroatoms. The predicted molar refractivity (Wildman–Crippen MR) is 119 cm³/mol. The van der Waals surface area contributed by atoms with E-state index >= 15 is 0 Å². The first-order valence-electron chi connectivity index (χ1n) is 9.69. The van der Waals surface area contributed by atoms with Gasteiger partial charge in [-0.3, -0.25) is 14.8 Å². The minimum atomic E-state index is 0.0595. The topological polar surface area (TPSA) is 93.3 Å². The summed E-state index contributed by atoms with van der Waals surface area (Å²) >= 11 is 1.29. The van der Waals surface area contributed by atoms with Gasteiger partial charge in [-0.2, -0.15) is 4.37 Å². The number of aromatic nitrogens is 2. The number of hydrogen-bond donors (Lipinski definition) is 2. The Morgan fingerprint density at radius 2 is 2.17 bits per heavy atom. The molecule has 0 bridgehead atoms. The molecule has 0 saturated heterocycles. The highest BCUT2D eigenvalue weighted by atomic mass is 32.1. The van der Waals surface area contributed by atoms with Crippen LogP contribution in [-0.4, -0.2) is 28.5 Å². The van der Waals surface area contributed by atoms with E-state index in [4.69, 9.17) is 10.7 Å². The summed E-state index contributed by atoms with van der Waals surface area (Å²) in [5, 5.41) is 3.81. The van der Waals surface area contributed by atoms with Gasteiger partial charge in [-0.05, 0) is 55.1 Å². The second kappa shape index (κ2) is 8.13. The van der Waals surface area contributed by atoms with Crippen molar-refractivity contribution in [1.29, 1.82) is 0 Å². The number of aryl methyl sites for hydroxylation is 1. The van der Waals surface area contributed by atoms with Crippen LogP contribution in [0.3, 0.4) is 0 Å². The lowest BCUT2D eigenvalue weighted by atomic mass is 10.0. The van der Waals surface area contributed by atoms with Gasteiger partial charge >= 0.3 is 0 Å². The number of amides is 1. The van der Waals surface area contributed by atoms with Crippen LogP contribution in [0, 0.1) is 5.92 Å². The average Bonchev–Trinajstić information content (AvgIpc) is 3.51. The molecule has 1 saturated carbocycles. The number of nitrogens with two attached hydrogens (primary N) is 1. The van der Waals surface area contributed by atoms with Gasteiger partial charge in [-0.25, -0.2) is 0 Å². The Bertz CT molecular complexity index is 1080. The quantitative estimate of drug-likeness (QED) is 0.469. The maximum atomic E-state index is 12.4. The Morgan fingerprint density at radius 3 is 2.90 bits per heavy atom. The minimum Gasteiger partial charge on any atom is -0.398 e. The van der Waals surface area contributed by atoms with Crippen molar-refractivity contribution in [2.75, 3.05) is 18.1 Å². The highest BCUT2D eigenvalue weighted by Gasteiger charge is 2.31. The van der Waals surface area contributed by atoms with Gasteiger partial charge in [-0.15, -0.1) is 0 Å². The van der Waals surface area contributed by atoms with Crippen LogP contribution in [0.15, 0.2) is 41.4 Å². The Morgan fingerprint density at radius 1 is 1.34 bits per heavy atom. The summed E-state index contributed by atoms with van der Waals surface area (Å²) in [4.78, 5) is 21.3. The van der Waals surface area contributed by atoms with Gasteiger partial charge in [-0.1, -0.05) is 19.1 Å². The van der Waals surface area contributed by atoms with E-state index in [1.165, 1.54) is 11.5 Å². The number of anilines is 2. The monoisotopic (exact) mass is 405 g/mol. The van der Waals surface area contributed by atoms with Gasteiger partial charge in [0.2, 0.25) is 5.91 Å². The Balaban J connectivity index is 1.84. The van der Waals surface area contributed by atoms with Gasteiger partial charge in [0.1, 0.15) is 5.00 Å². The Kier molecular flexibility index (Phi) is 5.40. The average molecular weight is 406 g/mol. The molecule has 0 radical (unpaired) electrons. The molecule has 1 aliphatic carbocycles. The van der Waals surface area contributed by atoms with E-state index in [0.29, 0.717) is 5.69 Å². The van der Waals surface area contributed by atoms with Gasteiger partial charge in [0, 0.05) is 41.7 Å². The summed E-state index contributed by atoms with van der Waals surface area (Å²) in [5.74, 6) is 0.177. The molecule has 2 aromatic heterocycles. The second-order valence-corrected chi connectivity index (χ2v) is 7.87. The van der Waals surface area contributed by atoms with E-state index in [2.05, 4.69) is 21.6 Å². The molecule has 3 N–H and O–H groups in total. The molecule has 2 heterocycles. The Labute approximate surface area is 174 Å². The van der Waals surface area contributed by atoms with E-state index in [-0.39, 0.29) is 11.8 Å². The lowest BCUT2D eigenvalue weighted by Gasteiger charge is -2.10. The standard InChI is InChI=1S/C22H23N5OS/c1-3-16-5-4-6-18(25-16)19-20(14-9-10-17(23)15(11-14)12-24-2)27-29-22(19)26-21(28)13-7-8-13/h4-6,9-13H,3,7-8,23H2,1-2H3,(H,26,28). The summed E-state index contributed by atoms with van der Waals surface area (Å²) in [6.45, 7) is 2.07. The van der Waals surface area contributed by atoms with Crippen molar-refractivity contribution < 1.29 is 4.79 Å². The minimum absolute atomic E-state index is 0.0595. The number of nitrogens with zero attached hydrogens (tertiary/aromatic N) is 3. The van der Waals surface area contributed by atoms with Crippen LogP contribution < -0.4 is 11.1 Å². The summed E-state index contributed by atoms with van der Waals surface area (Å²) in [7, 11) is 1.71. The van der Waals surface area contributed by atoms with Gasteiger partial charge in [0.25, 0.3) is 0 Å². The predicted octanol–water partition coefficient (Wildman–Crippen LogP) is 4.41. The zero-order valence-electron chi connectivity index (χ0n) is 16.5. The lowest BCUT2D eigenvalue weighted by molar-refractivity contribution is -0.117. The van der Waals surface area contributed by atoms with Crippen molar-refractivity contribution in [2.24, 2.45) is 10.9 Å². The Hall–Kier alpha value is -3.06. The molecule has 0 spiro atoms. The van der Waals surface area contributed by atoms with Crippen molar-refractivity contribution in [3.8, 4) is 22.5 Å².